The molecule has 0 heterocycles. The van der Waals surface area contributed by atoms with Crippen LogP contribution >= 0.6 is 0 Å². The van der Waals surface area contributed by atoms with Gasteiger partial charge in [0.25, 0.3) is 0 Å². The molecule has 1 aromatic rings. The molecule has 0 fully saturated rings. The molecule has 1 rings (SSSR count). The molecule has 0 aliphatic rings. The number of hydrogen-bond acceptors (Lipinski definition) is 5. The van der Waals surface area contributed by atoms with Crippen molar-refractivity contribution in [2.45, 2.75) is 26.2 Å². The van der Waals surface area contributed by atoms with Crippen LogP contribution < -0.4 is 19.9 Å². The Kier molecular flexibility index (Phi) is 7.16. The highest BCUT2D eigenvalue weighted by molar-refractivity contribution is 5.70. The lowest BCUT2D eigenvalue weighted by Crippen LogP contribution is -2.26. The van der Waals surface area contributed by atoms with Gasteiger partial charge in [-0.15, -0.1) is 0 Å². The minimum absolute atomic E-state index is 0.0170. The molecule has 3 atom stereocenters. The van der Waals surface area contributed by atoms with Crippen LogP contribution in [0.15, 0.2) is 12.1 Å². The Morgan fingerprint density at radius 3 is 2.13 bits per heavy atom. The first kappa shape index (κ1) is 19.1. The minimum atomic E-state index is -0.865. The highest BCUT2D eigenvalue weighted by Crippen LogP contribution is 2.45. The highest BCUT2D eigenvalue weighted by atomic mass is 16.5. The van der Waals surface area contributed by atoms with E-state index in [0.717, 1.165) is 5.56 Å². The van der Waals surface area contributed by atoms with Crippen molar-refractivity contribution >= 4 is 5.97 Å². The lowest BCUT2D eigenvalue weighted by atomic mass is 9.82. The molecule has 0 saturated carbocycles. The van der Waals surface area contributed by atoms with Crippen LogP contribution in [0.3, 0.4) is 0 Å². The van der Waals surface area contributed by atoms with Gasteiger partial charge in [0, 0.05) is 12.1 Å². The van der Waals surface area contributed by atoms with Crippen molar-refractivity contribution in [2.75, 3.05) is 27.9 Å². The third kappa shape index (κ3) is 4.28. The Bertz CT molecular complexity index is 532. The largest absolute Gasteiger partial charge is 0.496 e. The number of rotatable bonds is 9. The molecule has 23 heavy (non-hydrogen) atoms. The second-order valence-electron chi connectivity index (χ2n) is 5.69. The summed E-state index contributed by atoms with van der Waals surface area (Å²) in [5.74, 6) is 0.604. The minimum Gasteiger partial charge on any atom is -0.496 e. The SMILES string of the molecule is COc1ccc(OC)c(C(C)C(C)CC(CN)C(=O)O)c1OC. The number of nitrogens with two attached hydrogens (primary N) is 1. The van der Waals surface area contributed by atoms with Crippen LogP contribution in [0.4, 0.5) is 0 Å². The Hall–Kier alpha value is -1.95. The molecule has 3 N–H and O–H groups in total. The van der Waals surface area contributed by atoms with E-state index in [0.29, 0.717) is 23.7 Å². The zero-order chi connectivity index (χ0) is 17.6. The van der Waals surface area contributed by atoms with E-state index in [1.54, 1.807) is 27.4 Å². The van der Waals surface area contributed by atoms with E-state index in [1.165, 1.54) is 0 Å². The van der Waals surface area contributed by atoms with E-state index in [-0.39, 0.29) is 18.4 Å². The van der Waals surface area contributed by atoms with E-state index in [1.807, 2.05) is 19.9 Å². The summed E-state index contributed by atoms with van der Waals surface area (Å²) in [4.78, 5) is 11.2. The lowest BCUT2D eigenvalue weighted by Gasteiger charge is -2.26. The number of aliphatic carboxylic acids is 1. The number of ether oxygens (including phenoxy) is 3. The second-order valence-corrected chi connectivity index (χ2v) is 5.69. The molecular formula is C17H27NO5. The van der Waals surface area contributed by atoms with Gasteiger partial charge >= 0.3 is 5.97 Å². The van der Waals surface area contributed by atoms with E-state index >= 15 is 0 Å². The predicted molar refractivity (Wildman–Crippen MR) is 88.5 cm³/mol. The molecule has 3 unspecified atom stereocenters. The molecule has 0 aliphatic heterocycles. The number of carboxylic acids is 1. The predicted octanol–water partition coefficient (Wildman–Crippen LogP) is 2.50. The maximum absolute atomic E-state index is 11.2. The summed E-state index contributed by atoms with van der Waals surface area (Å²) >= 11 is 0. The monoisotopic (exact) mass is 325 g/mol. The van der Waals surface area contributed by atoms with E-state index in [2.05, 4.69) is 0 Å². The zero-order valence-corrected chi connectivity index (χ0v) is 14.5. The van der Waals surface area contributed by atoms with Crippen molar-refractivity contribution in [3.63, 3.8) is 0 Å². The topological polar surface area (TPSA) is 91.0 Å². The summed E-state index contributed by atoms with van der Waals surface area (Å²) < 4.78 is 16.3. The van der Waals surface area contributed by atoms with E-state index < -0.39 is 11.9 Å². The molecule has 6 heteroatoms. The van der Waals surface area contributed by atoms with Gasteiger partial charge in [0.1, 0.15) is 5.75 Å². The Morgan fingerprint density at radius 2 is 1.70 bits per heavy atom. The number of benzene rings is 1. The van der Waals surface area contributed by atoms with E-state index in [4.69, 9.17) is 19.9 Å². The maximum Gasteiger partial charge on any atom is 0.307 e. The fraction of sp³-hybridized carbons (Fsp3) is 0.588. The van der Waals surface area contributed by atoms with Crippen LogP contribution in [0.1, 0.15) is 31.7 Å². The van der Waals surface area contributed by atoms with Crippen LogP contribution in [-0.2, 0) is 4.79 Å². The number of carbonyl (C=O) groups is 1. The first-order chi connectivity index (χ1) is 10.9. The van der Waals surface area contributed by atoms with Crippen LogP contribution in [-0.4, -0.2) is 38.9 Å². The standard InChI is InChI=1S/C17H27NO5/c1-10(8-12(9-18)17(19)20)11(2)15-13(21-3)6-7-14(22-4)16(15)23-5/h6-7,10-12H,8-9,18H2,1-5H3,(H,19,20). The Labute approximate surface area is 137 Å². The van der Waals surface area contributed by atoms with Gasteiger partial charge in [-0.25, -0.2) is 0 Å². The lowest BCUT2D eigenvalue weighted by molar-refractivity contribution is -0.142. The molecule has 0 aromatic heterocycles. The summed E-state index contributed by atoms with van der Waals surface area (Å²) in [6.07, 6.45) is 0.483. The first-order valence-corrected chi connectivity index (χ1v) is 7.62. The fourth-order valence-electron chi connectivity index (χ4n) is 2.78. The summed E-state index contributed by atoms with van der Waals surface area (Å²) in [5, 5.41) is 9.21. The van der Waals surface area contributed by atoms with Gasteiger partial charge in [-0.3, -0.25) is 4.79 Å². The average Bonchev–Trinajstić information content (AvgIpc) is 2.56. The average molecular weight is 325 g/mol. The number of hydrogen-bond donors (Lipinski definition) is 2. The van der Waals surface area contributed by atoms with Crippen molar-refractivity contribution in [3.05, 3.63) is 17.7 Å². The molecule has 0 amide bonds. The summed E-state index contributed by atoms with van der Waals surface area (Å²) in [6.45, 7) is 4.16. The van der Waals surface area contributed by atoms with Gasteiger partial charge in [-0.05, 0) is 30.4 Å². The molecule has 0 aliphatic carbocycles. The fourth-order valence-corrected chi connectivity index (χ4v) is 2.78. The maximum atomic E-state index is 11.2. The summed E-state index contributed by atoms with van der Waals surface area (Å²) in [5.41, 5.74) is 6.45. The molecule has 0 radical (unpaired) electrons. The third-order valence-electron chi connectivity index (χ3n) is 4.36. The Morgan fingerprint density at radius 1 is 1.13 bits per heavy atom. The molecule has 6 nitrogen and oxygen atoms in total. The van der Waals surface area contributed by atoms with Crippen molar-refractivity contribution < 1.29 is 24.1 Å². The van der Waals surface area contributed by atoms with Gasteiger partial charge in [0.2, 0.25) is 0 Å². The van der Waals surface area contributed by atoms with Gasteiger partial charge in [-0.2, -0.15) is 0 Å². The first-order valence-electron chi connectivity index (χ1n) is 7.62. The Balaban J connectivity index is 3.19. The summed E-state index contributed by atoms with van der Waals surface area (Å²) in [6, 6.07) is 3.62. The quantitative estimate of drug-likeness (QED) is 0.725. The normalized spacial score (nSPS) is 14.7. The number of carboxylic acid groups (broad SMARTS) is 1. The summed E-state index contributed by atoms with van der Waals surface area (Å²) in [7, 11) is 4.76. The van der Waals surface area contributed by atoms with E-state index in [9.17, 15) is 9.90 Å². The van der Waals surface area contributed by atoms with Gasteiger partial charge in [-0.1, -0.05) is 13.8 Å². The molecular weight excluding hydrogens is 298 g/mol. The molecule has 1 aromatic carbocycles. The van der Waals surface area contributed by atoms with Crippen molar-refractivity contribution in [1.82, 2.24) is 0 Å². The van der Waals surface area contributed by atoms with Crippen LogP contribution in [0.2, 0.25) is 0 Å². The molecule has 130 valence electrons. The molecule has 0 saturated heterocycles. The van der Waals surface area contributed by atoms with Crippen LogP contribution in [0.25, 0.3) is 0 Å². The molecule has 0 spiro atoms. The van der Waals surface area contributed by atoms with Gasteiger partial charge in [0.05, 0.1) is 27.2 Å². The van der Waals surface area contributed by atoms with Crippen LogP contribution in [0, 0.1) is 11.8 Å². The van der Waals surface area contributed by atoms with Crippen molar-refractivity contribution in [1.29, 1.82) is 0 Å². The molecule has 0 bridgehead atoms. The highest BCUT2D eigenvalue weighted by Gasteiger charge is 2.28. The third-order valence-corrected chi connectivity index (χ3v) is 4.36. The van der Waals surface area contributed by atoms with Crippen LogP contribution in [0.5, 0.6) is 17.2 Å². The number of methoxy groups -OCH3 is 3. The second kappa shape index (κ2) is 8.62. The van der Waals surface area contributed by atoms with Crippen molar-refractivity contribution in [3.8, 4) is 17.2 Å². The smallest absolute Gasteiger partial charge is 0.307 e. The van der Waals surface area contributed by atoms with Crippen molar-refractivity contribution in [2.24, 2.45) is 17.6 Å². The van der Waals surface area contributed by atoms with Gasteiger partial charge in [0.15, 0.2) is 11.5 Å². The van der Waals surface area contributed by atoms with Gasteiger partial charge < -0.3 is 25.1 Å². The zero-order valence-electron chi connectivity index (χ0n) is 14.5.